The van der Waals surface area contributed by atoms with Crippen LogP contribution in [0.1, 0.15) is 39.0 Å². The molecule has 0 aromatic rings. The molecule has 0 bridgehead atoms. The number of rotatable bonds is 3. The minimum atomic E-state index is -5.75. The molecule has 2 heterocycles. The molecular weight excluding hydrogens is 422 g/mol. The van der Waals surface area contributed by atoms with Crippen molar-refractivity contribution in [1.82, 2.24) is 10.2 Å². The van der Waals surface area contributed by atoms with E-state index in [4.69, 9.17) is 4.74 Å². The van der Waals surface area contributed by atoms with Gasteiger partial charge >= 0.3 is 18.4 Å². The number of ether oxygens (including phenoxy) is 2. The van der Waals surface area contributed by atoms with Crippen molar-refractivity contribution in [3.05, 3.63) is 0 Å². The average molecular weight is 446 g/mol. The average Bonchev–Trinajstić information content (AvgIpc) is 3.32. The molecule has 0 radical (unpaired) electrons. The van der Waals surface area contributed by atoms with Crippen LogP contribution in [0.2, 0.25) is 0 Å². The molecule has 2 aliphatic heterocycles. The van der Waals surface area contributed by atoms with Gasteiger partial charge in [0, 0.05) is 37.8 Å². The van der Waals surface area contributed by atoms with Crippen LogP contribution in [0.25, 0.3) is 0 Å². The fourth-order valence-corrected chi connectivity index (χ4v) is 4.23. The zero-order valence-electron chi connectivity index (χ0n) is 16.4. The maximum Gasteiger partial charge on any atom is 0.434 e. The SMILES string of the molecule is CC1(NC(=O)[C@H]2CC23CCN(C(=O)OC(C(F)(F)F)C(F)(F)F)CC3)CCOCC1. The number of alkyl halides is 6. The summed E-state index contributed by atoms with van der Waals surface area (Å²) in [5.74, 6) is -0.377. The molecule has 3 rings (SSSR count). The minimum absolute atomic E-state index is 0.0594. The van der Waals surface area contributed by atoms with Gasteiger partial charge in [-0.05, 0) is 44.4 Å². The van der Waals surface area contributed by atoms with Crippen molar-refractivity contribution in [2.24, 2.45) is 11.3 Å². The third kappa shape index (κ3) is 4.94. The first-order chi connectivity index (χ1) is 13.8. The van der Waals surface area contributed by atoms with Crippen molar-refractivity contribution < 1.29 is 45.4 Å². The minimum Gasteiger partial charge on any atom is -0.426 e. The summed E-state index contributed by atoms with van der Waals surface area (Å²) < 4.78 is 84.5. The topological polar surface area (TPSA) is 67.9 Å². The molecule has 0 aromatic carbocycles. The lowest BCUT2D eigenvalue weighted by molar-refractivity contribution is -0.308. The second-order valence-corrected chi connectivity index (χ2v) is 8.62. The molecule has 1 spiro atoms. The van der Waals surface area contributed by atoms with Gasteiger partial charge in [-0.3, -0.25) is 4.79 Å². The maximum atomic E-state index is 12.6. The Morgan fingerprint density at radius 2 is 1.57 bits per heavy atom. The molecule has 1 N–H and O–H groups in total. The van der Waals surface area contributed by atoms with Crippen molar-refractivity contribution in [2.75, 3.05) is 26.3 Å². The van der Waals surface area contributed by atoms with Crippen LogP contribution < -0.4 is 5.32 Å². The van der Waals surface area contributed by atoms with Crippen LogP contribution in [0.4, 0.5) is 31.1 Å². The number of likely N-dealkylation sites (tertiary alicyclic amines) is 1. The number of nitrogens with one attached hydrogen (secondary N) is 1. The smallest absolute Gasteiger partial charge is 0.426 e. The van der Waals surface area contributed by atoms with Crippen LogP contribution in [-0.4, -0.2) is 67.2 Å². The maximum absolute atomic E-state index is 12.6. The molecule has 1 atom stereocenters. The van der Waals surface area contributed by atoms with E-state index in [1.165, 1.54) is 0 Å². The second kappa shape index (κ2) is 7.76. The predicted octanol–water partition coefficient (Wildman–Crippen LogP) is 3.40. The number of piperidine rings is 1. The van der Waals surface area contributed by atoms with Crippen LogP contribution in [0.15, 0.2) is 0 Å². The zero-order chi connectivity index (χ0) is 22.4. The Morgan fingerprint density at radius 3 is 2.07 bits per heavy atom. The van der Waals surface area contributed by atoms with Gasteiger partial charge in [0.05, 0.1) is 0 Å². The summed E-state index contributed by atoms with van der Waals surface area (Å²) >= 11 is 0. The Balaban J connectivity index is 1.51. The lowest BCUT2D eigenvalue weighted by Gasteiger charge is -2.36. The van der Waals surface area contributed by atoms with Crippen molar-refractivity contribution >= 4 is 12.0 Å². The van der Waals surface area contributed by atoms with Gasteiger partial charge in [-0.2, -0.15) is 26.3 Å². The van der Waals surface area contributed by atoms with E-state index in [1.54, 1.807) is 0 Å². The molecule has 3 aliphatic rings. The third-order valence-corrected chi connectivity index (χ3v) is 6.36. The number of nitrogens with zero attached hydrogens (tertiary/aromatic N) is 1. The molecule has 2 amide bonds. The quantitative estimate of drug-likeness (QED) is 0.675. The highest BCUT2D eigenvalue weighted by molar-refractivity contribution is 5.83. The van der Waals surface area contributed by atoms with E-state index in [2.05, 4.69) is 10.1 Å². The monoisotopic (exact) mass is 446 g/mol. The molecule has 172 valence electrons. The van der Waals surface area contributed by atoms with Crippen molar-refractivity contribution in [1.29, 1.82) is 0 Å². The fraction of sp³-hybridized carbons (Fsp3) is 0.889. The molecular formula is C18H24F6N2O4. The summed E-state index contributed by atoms with van der Waals surface area (Å²) in [5, 5.41) is 3.05. The van der Waals surface area contributed by atoms with Gasteiger partial charge in [-0.15, -0.1) is 0 Å². The van der Waals surface area contributed by atoms with Crippen molar-refractivity contribution in [2.45, 2.75) is 63.0 Å². The third-order valence-electron chi connectivity index (χ3n) is 6.36. The Hall–Kier alpha value is -1.72. The largest absolute Gasteiger partial charge is 0.434 e. The number of amides is 2. The summed E-state index contributed by atoms with van der Waals surface area (Å²) in [6, 6.07) is 0. The fourth-order valence-electron chi connectivity index (χ4n) is 4.23. The van der Waals surface area contributed by atoms with Crippen molar-refractivity contribution in [3.63, 3.8) is 0 Å². The number of hydrogen-bond donors (Lipinski definition) is 1. The molecule has 1 aliphatic carbocycles. The van der Waals surface area contributed by atoms with Gasteiger partial charge in [0.2, 0.25) is 5.91 Å². The first kappa shape index (κ1) is 23.0. The standard InChI is InChI=1S/C18H24F6N2O4/c1-15(4-8-29-9-5-15)25-12(27)11-10-16(11)2-6-26(7-3-16)14(28)30-13(17(19,20)21)18(22,23)24/h11,13H,2-10H2,1H3,(H,25,27)/t11-/m1/s1. The van der Waals surface area contributed by atoms with E-state index >= 15 is 0 Å². The van der Waals surface area contributed by atoms with Crippen LogP contribution in [0.3, 0.4) is 0 Å². The molecule has 6 nitrogen and oxygen atoms in total. The summed E-state index contributed by atoms with van der Waals surface area (Å²) in [6.45, 7) is 2.94. The molecule has 30 heavy (non-hydrogen) atoms. The lowest BCUT2D eigenvalue weighted by Crippen LogP contribution is -2.51. The number of hydrogen-bond acceptors (Lipinski definition) is 4. The summed E-state index contributed by atoms with van der Waals surface area (Å²) in [7, 11) is 0. The predicted molar refractivity (Wildman–Crippen MR) is 90.3 cm³/mol. The van der Waals surface area contributed by atoms with E-state index in [-0.39, 0.29) is 35.9 Å². The summed E-state index contributed by atoms with van der Waals surface area (Å²) in [5.41, 5.74) is -0.719. The molecule has 0 unspecified atom stereocenters. The first-order valence-corrected chi connectivity index (χ1v) is 9.75. The van der Waals surface area contributed by atoms with Gasteiger partial charge in [0.25, 0.3) is 6.10 Å². The molecule has 0 aromatic heterocycles. The molecule has 3 fully saturated rings. The van der Waals surface area contributed by atoms with E-state index in [9.17, 15) is 35.9 Å². The number of carbonyl (C=O) groups excluding carboxylic acids is 2. The Kier molecular flexibility index (Phi) is 5.94. The number of carbonyl (C=O) groups is 2. The highest BCUT2D eigenvalue weighted by Gasteiger charge is 2.62. The molecule has 1 saturated carbocycles. The molecule has 2 saturated heterocycles. The second-order valence-electron chi connectivity index (χ2n) is 8.62. The van der Waals surface area contributed by atoms with Crippen molar-refractivity contribution in [3.8, 4) is 0 Å². The highest BCUT2D eigenvalue weighted by Crippen LogP contribution is 2.59. The van der Waals surface area contributed by atoms with Gasteiger partial charge in [0.1, 0.15) is 0 Å². The Morgan fingerprint density at radius 1 is 1.03 bits per heavy atom. The highest BCUT2D eigenvalue weighted by atomic mass is 19.4. The van der Waals surface area contributed by atoms with E-state index < -0.39 is 24.5 Å². The normalized spacial score (nSPS) is 25.9. The van der Waals surface area contributed by atoms with Crippen LogP contribution in [0.5, 0.6) is 0 Å². The first-order valence-electron chi connectivity index (χ1n) is 9.75. The van der Waals surface area contributed by atoms with Gasteiger partial charge in [0.15, 0.2) is 0 Å². The van der Waals surface area contributed by atoms with E-state index in [0.717, 1.165) is 4.90 Å². The van der Waals surface area contributed by atoms with E-state index in [1.807, 2.05) is 6.92 Å². The van der Waals surface area contributed by atoms with E-state index in [0.29, 0.717) is 45.3 Å². The van der Waals surface area contributed by atoms with Crippen LogP contribution in [-0.2, 0) is 14.3 Å². The van der Waals surface area contributed by atoms with Gasteiger partial charge < -0.3 is 19.7 Å². The van der Waals surface area contributed by atoms with Gasteiger partial charge in [-0.1, -0.05) is 0 Å². The van der Waals surface area contributed by atoms with Crippen LogP contribution >= 0.6 is 0 Å². The summed E-state index contributed by atoms with van der Waals surface area (Å²) in [6.07, 6.45) is -14.7. The van der Waals surface area contributed by atoms with Crippen LogP contribution in [0, 0.1) is 11.3 Å². The zero-order valence-corrected chi connectivity index (χ0v) is 16.4. The number of halogens is 6. The Labute approximate surface area is 169 Å². The summed E-state index contributed by atoms with van der Waals surface area (Å²) in [4.78, 5) is 25.3. The lowest BCUT2D eigenvalue weighted by atomic mass is 9.89. The molecule has 12 heteroatoms. The van der Waals surface area contributed by atoms with Gasteiger partial charge in [-0.25, -0.2) is 4.79 Å². The Bertz CT molecular complexity index is 653.